The quantitative estimate of drug-likeness (QED) is 0.470. The average molecular weight is 355 g/mol. The standard InChI is InChI=1S/C17H26N2O2S2/c1-4-8-11(2)18-17(22)19-15-14(16(20)21-3)12-9-6-5-7-10-13(12)23-15/h11H,4-10H2,1-3H3,(H2,18,19,22). The van der Waals surface area contributed by atoms with E-state index in [4.69, 9.17) is 17.0 Å². The Labute approximate surface area is 148 Å². The van der Waals surface area contributed by atoms with Gasteiger partial charge in [-0.15, -0.1) is 11.3 Å². The molecule has 0 fully saturated rings. The number of aryl methyl sites for hydroxylation is 1. The first-order valence-electron chi connectivity index (χ1n) is 8.37. The summed E-state index contributed by atoms with van der Waals surface area (Å²) in [5.74, 6) is -0.267. The van der Waals surface area contributed by atoms with Crippen molar-refractivity contribution >= 4 is 39.6 Å². The molecule has 0 radical (unpaired) electrons. The smallest absolute Gasteiger partial charge is 0.341 e. The lowest BCUT2D eigenvalue weighted by Gasteiger charge is -2.16. The number of hydrogen-bond acceptors (Lipinski definition) is 4. The second-order valence-electron chi connectivity index (χ2n) is 6.05. The number of methoxy groups -OCH3 is 1. The maximum atomic E-state index is 12.3. The highest BCUT2D eigenvalue weighted by molar-refractivity contribution is 7.80. The van der Waals surface area contributed by atoms with Crippen LogP contribution in [0.15, 0.2) is 0 Å². The van der Waals surface area contributed by atoms with Gasteiger partial charge in [0, 0.05) is 10.9 Å². The van der Waals surface area contributed by atoms with Gasteiger partial charge in [0.15, 0.2) is 5.11 Å². The minimum Gasteiger partial charge on any atom is -0.465 e. The Hall–Kier alpha value is -1.14. The van der Waals surface area contributed by atoms with Crippen LogP contribution in [0.2, 0.25) is 0 Å². The molecule has 2 rings (SSSR count). The van der Waals surface area contributed by atoms with Crippen LogP contribution in [0.4, 0.5) is 5.00 Å². The second-order valence-corrected chi connectivity index (χ2v) is 7.56. The molecule has 1 heterocycles. The highest BCUT2D eigenvalue weighted by atomic mass is 32.1. The van der Waals surface area contributed by atoms with E-state index >= 15 is 0 Å². The predicted octanol–water partition coefficient (Wildman–Crippen LogP) is 4.28. The molecule has 1 aliphatic carbocycles. The molecule has 4 nitrogen and oxygen atoms in total. The van der Waals surface area contributed by atoms with Crippen molar-refractivity contribution in [1.29, 1.82) is 0 Å². The van der Waals surface area contributed by atoms with Crippen LogP contribution < -0.4 is 10.6 Å². The van der Waals surface area contributed by atoms with Crippen molar-refractivity contribution in [2.75, 3.05) is 12.4 Å². The third-order valence-corrected chi connectivity index (χ3v) is 5.56. The number of nitrogens with one attached hydrogen (secondary N) is 2. The van der Waals surface area contributed by atoms with Gasteiger partial charge in [0.25, 0.3) is 0 Å². The van der Waals surface area contributed by atoms with Crippen LogP contribution in [0, 0.1) is 0 Å². The van der Waals surface area contributed by atoms with Crippen molar-refractivity contribution < 1.29 is 9.53 Å². The van der Waals surface area contributed by atoms with Gasteiger partial charge in [-0.3, -0.25) is 0 Å². The first-order chi connectivity index (χ1) is 11.1. The van der Waals surface area contributed by atoms with Crippen molar-refractivity contribution in [2.45, 2.75) is 64.8 Å². The summed E-state index contributed by atoms with van der Waals surface area (Å²) in [6, 6.07) is 0.319. The van der Waals surface area contributed by atoms with Crippen LogP contribution in [-0.2, 0) is 17.6 Å². The van der Waals surface area contributed by atoms with E-state index < -0.39 is 0 Å². The minimum atomic E-state index is -0.267. The molecule has 128 valence electrons. The lowest BCUT2D eigenvalue weighted by molar-refractivity contribution is 0.0601. The van der Waals surface area contributed by atoms with E-state index in [0.29, 0.717) is 16.7 Å². The molecule has 0 saturated carbocycles. The lowest BCUT2D eigenvalue weighted by Crippen LogP contribution is -2.35. The number of esters is 1. The summed E-state index contributed by atoms with van der Waals surface area (Å²) in [6.07, 6.45) is 7.69. The normalized spacial score (nSPS) is 15.3. The van der Waals surface area contributed by atoms with E-state index in [-0.39, 0.29) is 5.97 Å². The zero-order valence-electron chi connectivity index (χ0n) is 14.2. The fourth-order valence-corrected chi connectivity index (χ4v) is 4.67. The number of fused-ring (bicyclic) bond motifs is 1. The number of carbonyl (C=O) groups excluding carboxylic acids is 1. The summed E-state index contributed by atoms with van der Waals surface area (Å²) >= 11 is 7.06. The van der Waals surface area contributed by atoms with E-state index in [1.807, 2.05) is 0 Å². The molecular formula is C17H26N2O2S2. The third-order valence-electron chi connectivity index (χ3n) is 4.14. The van der Waals surface area contributed by atoms with Crippen LogP contribution in [0.25, 0.3) is 0 Å². The molecule has 1 atom stereocenters. The molecule has 1 unspecified atom stereocenters. The predicted molar refractivity (Wildman–Crippen MR) is 101 cm³/mol. The van der Waals surface area contributed by atoms with E-state index in [1.165, 1.54) is 24.8 Å². The number of anilines is 1. The average Bonchev–Trinajstić information content (AvgIpc) is 2.68. The molecular weight excluding hydrogens is 328 g/mol. The molecule has 23 heavy (non-hydrogen) atoms. The number of carbonyl (C=O) groups is 1. The molecule has 0 saturated heterocycles. The largest absolute Gasteiger partial charge is 0.465 e. The van der Waals surface area contributed by atoms with Gasteiger partial charge in [0.1, 0.15) is 5.00 Å². The molecule has 2 N–H and O–H groups in total. The first-order valence-corrected chi connectivity index (χ1v) is 9.59. The van der Waals surface area contributed by atoms with Crippen LogP contribution in [0.5, 0.6) is 0 Å². The zero-order chi connectivity index (χ0) is 16.8. The number of hydrogen-bond donors (Lipinski definition) is 2. The first kappa shape index (κ1) is 18.2. The summed E-state index contributed by atoms with van der Waals surface area (Å²) in [4.78, 5) is 13.6. The summed E-state index contributed by atoms with van der Waals surface area (Å²) in [5.41, 5.74) is 1.84. The molecule has 1 aromatic heterocycles. The van der Waals surface area contributed by atoms with Crippen molar-refractivity contribution in [3.63, 3.8) is 0 Å². The highest BCUT2D eigenvalue weighted by Crippen LogP contribution is 2.37. The monoisotopic (exact) mass is 354 g/mol. The van der Waals surface area contributed by atoms with Crippen LogP contribution >= 0.6 is 23.6 Å². The fourth-order valence-electron chi connectivity index (χ4n) is 3.02. The number of thiophene rings is 1. The molecule has 6 heteroatoms. The molecule has 1 aromatic rings. The Morgan fingerprint density at radius 1 is 1.35 bits per heavy atom. The van der Waals surface area contributed by atoms with Gasteiger partial charge in [-0.1, -0.05) is 19.8 Å². The van der Waals surface area contributed by atoms with Crippen molar-refractivity contribution in [3.8, 4) is 0 Å². The SMILES string of the molecule is CCCC(C)NC(=S)Nc1sc2c(c1C(=O)OC)CCCCC2. The third kappa shape index (κ3) is 4.67. The Bertz CT molecular complexity index is 569. The maximum Gasteiger partial charge on any atom is 0.341 e. The molecule has 0 spiro atoms. The summed E-state index contributed by atoms with van der Waals surface area (Å²) in [5, 5.41) is 7.91. The molecule has 0 amide bonds. The van der Waals surface area contributed by atoms with Gasteiger partial charge < -0.3 is 15.4 Å². The van der Waals surface area contributed by atoms with Gasteiger partial charge in [0.2, 0.25) is 0 Å². The van der Waals surface area contributed by atoms with Crippen molar-refractivity contribution in [1.82, 2.24) is 5.32 Å². The van der Waals surface area contributed by atoms with Gasteiger partial charge >= 0.3 is 5.97 Å². The van der Waals surface area contributed by atoms with E-state index in [9.17, 15) is 4.79 Å². The summed E-state index contributed by atoms with van der Waals surface area (Å²) < 4.78 is 5.01. The number of thiocarbonyl (C=S) groups is 1. The highest BCUT2D eigenvalue weighted by Gasteiger charge is 2.25. The Balaban J connectivity index is 2.20. The van der Waals surface area contributed by atoms with Crippen LogP contribution in [-0.4, -0.2) is 24.2 Å². The second kappa shape index (κ2) is 8.64. The van der Waals surface area contributed by atoms with Crippen LogP contribution in [0.1, 0.15) is 66.8 Å². The Kier molecular flexibility index (Phi) is 6.84. The van der Waals surface area contributed by atoms with Crippen LogP contribution in [0.3, 0.4) is 0 Å². The van der Waals surface area contributed by atoms with Gasteiger partial charge in [-0.25, -0.2) is 4.79 Å². The van der Waals surface area contributed by atoms with E-state index in [2.05, 4.69) is 24.5 Å². The maximum absolute atomic E-state index is 12.3. The molecule has 0 bridgehead atoms. The van der Waals surface area contributed by atoms with Gasteiger partial charge in [-0.05, 0) is 56.8 Å². The van der Waals surface area contributed by atoms with Gasteiger partial charge in [-0.2, -0.15) is 0 Å². The number of rotatable bonds is 5. The Morgan fingerprint density at radius 3 is 2.78 bits per heavy atom. The molecule has 1 aliphatic rings. The lowest BCUT2D eigenvalue weighted by atomic mass is 10.1. The topological polar surface area (TPSA) is 50.4 Å². The fraction of sp³-hybridized carbons (Fsp3) is 0.647. The minimum absolute atomic E-state index is 0.267. The van der Waals surface area contributed by atoms with E-state index in [1.54, 1.807) is 11.3 Å². The summed E-state index contributed by atoms with van der Waals surface area (Å²) in [6.45, 7) is 4.27. The summed E-state index contributed by atoms with van der Waals surface area (Å²) in [7, 11) is 1.44. The Morgan fingerprint density at radius 2 is 2.09 bits per heavy atom. The van der Waals surface area contributed by atoms with Crippen molar-refractivity contribution in [3.05, 3.63) is 16.0 Å². The number of ether oxygens (including phenoxy) is 1. The van der Waals surface area contributed by atoms with Crippen molar-refractivity contribution in [2.24, 2.45) is 0 Å². The zero-order valence-corrected chi connectivity index (χ0v) is 15.8. The van der Waals surface area contributed by atoms with Gasteiger partial charge in [0.05, 0.1) is 12.7 Å². The van der Waals surface area contributed by atoms with E-state index in [0.717, 1.165) is 42.7 Å². The molecule has 0 aromatic carbocycles. The molecule has 0 aliphatic heterocycles.